The van der Waals surface area contributed by atoms with Crippen molar-refractivity contribution in [2.75, 3.05) is 23.3 Å². The SMILES string of the molecule is CCN(CCCBr)c1nccn(C2CC2)c1=O. The second-order valence-electron chi connectivity index (χ2n) is 4.32. The molecule has 0 unspecified atom stereocenters. The first-order valence-electron chi connectivity index (χ1n) is 6.16. The van der Waals surface area contributed by atoms with Crippen LogP contribution < -0.4 is 10.5 Å². The lowest BCUT2D eigenvalue weighted by Crippen LogP contribution is -2.33. The van der Waals surface area contributed by atoms with E-state index in [9.17, 15) is 4.79 Å². The molecule has 1 heterocycles. The van der Waals surface area contributed by atoms with Crippen LogP contribution >= 0.6 is 15.9 Å². The van der Waals surface area contributed by atoms with Crippen LogP contribution in [-0.4, -0.2) is 28.0 Å². The molecule has 4 nitrogen and oxygen atoms in total. The van der Waals surface area contributed by atoms with Crippen LogP contribution in [0.5, 0.6) is 0 Å². The Morgan fingerprint density at radius 1 is 1.59 bits per heavy atom. The van der Waals surface area contributed by atoms with Crippen molar-refractivity contribution in [1.29, 1.82) is 0 Å². The van der Waals surface area contributed by atoms with E-state index in [0.29, 0.717) is 11.9 Å². The summed E-state index contributed by atoms with van der Waals surface area (Å²) in [6.07, 6.45) is 6.81. The van der Waals surface area contributed by atoms with Crippen LogP contribution in [0.25, 0.3) is 0 Å². The normalized spacial score (nSPS) is 14.9. The molecule has 1 aliphatic carbocycles. The number of hydrogen-bond donors (Lipinski definition) is 0. The quantitative estimate of drug-likeness (QED) is 0.756. The minimum atomic E-state index is 0.0615. The van der Waals surface area contributed by atoms with Crippen molar-refractivity contribution < 1.29 is 0 Å². The third-order valence-corrected chi connectivity index (χ3v) is 3.59. The number of aromatic nitrogens is 2. The number of nitrogens with zero attached hydrogens (tertiary/aromatic N) is 3. The fourth-order valence-corrected chi connectivity index (χ4v) is 2.19. The van der Waals surface area contributed by atoms with Crippen LogP contribution in [0.1, 0.15) is 32.2 Å². The molecular formula is C12H18BrN3O. The lowest BCUT2D eigenvalue weighted by molar-refractivity contribution is 0.681. The number of anilines is 1. The van der Waals surface area contributed by atoms with Gasteiger partial charge in [-0.05, 0) is 26.2 Å². The van der Waals surface area contributed by atoms with Gasteiger partial charge < -0.3 is 9.47 Å². The minimum absolute atomic E-state index is 0.0615. The Morgan fingerprint density at radius 3 is 2.94 bits per heavy atom. The highest BCUT2D eigenvalue weighted by Gasteiger charge is 2.26. The van der Waals surface area contributed by atoms with E-state index in [1.807, 2.05) is 10.8 Å². The van der Waals surface area contributed by atoms with Crippen molar-refractivity contribution in [3.63, 3.8) is 0 Å². The first-order chi connectivity index (χ1) is 8.27. The molecule has 5 heteroatoms. The molecule has 17 heavy (non-hydrogen) atoms. The molecule has 0 amide bonds. The van der Waals surface area contributed by atoms with Crippen molar-refractivity contribution >= 4 is 21.7 Å². The summed E-state index contributed by atoms with van der Waals surface area (Å²) in [7, 11) is 0. The zero-order valence-corrected chi connectivity index (χ0v) is 11.7. The Kier molecular flexibility index (Phi) is 4.20. The van der Waals surface area contributed by atoms with Crippen LogP contribution in [0, 0.1) is 0 Å². The maximum absolute atomic E-state index is 12.3. The second kappa shape index (κ2) is 5.67. The molecule has 0 bridgehead atoms. The third kappa shape index (κ3) is 2.89. The summed E-state index contributed by atoms with van der Waals surface area (Å²) >= 11 is 3.42. The summed E-state index contributed by atoms with van der Waals surface area (Å²) in [5, 5.41) is 0.952. The average Bonchev–Trinajstić information content (AvgIpc) is 3.16. The average molecular weight is 300 g/mol. The van der Waals surface area contributed by atoms with Crippen molar-refractivity contribution in [2.24, 2.45) is 0 Å². The molecule has 2 rings (SSSR count). The number of halogens is 1. The highest BCUT2D eigenvalue weighted by molar-refractivity contribution is 9.09. The molecule has 94 valence electrons. The standard InChI is InChI=1S/C12H18BrN3O/c1-2-15(8-3-6-13)11-12(17)16(9-7-14-11)10-4-5-10/h7,9-10H,2-6,8H2,1H3. The molecule has 0 aliphatic heterocycles. The topological polar surface area (TPSA) is 38.1 Å². The molecule has 0 saturated heterocycles. The van der Waals surface area contributed by atoms with Crippen LogP contribution in [0.3, 0.4) is 0 Å². The first kappa shape index (κ1) is 12.6. The Morgan fingerprint density at radius 2 is 2.35 bits per heavy atom. The lowest BCUT2D eigenvalue weighted by atomic mass is 10.4. The van der Waals surface area contributed by atoms with Gasteiger partial charge in [-0.1, -0.05) is 15.9 Å². The van der Waals surface area contributed by atoms with E-state index < -0.39 is 0 Å². The number of alkyl halides is 1. The molecule has 0 spiro atoms. The molecule has 1 fully saturated rings. The molecule has 1 saturated carbocycles. The van der Waals surface area contributed by atoms with E-state index in [-0.39, 0.29) is 5.56 Å². The summed E-state index contributed by atoms with van der Waals surface area (Å²) in [6, 6.07) is 0.416. The van der Waals surface area contributed by atoms with Crippen molar-refractivity contribution in [2.45, 2.75) is 32.2 Å². The van der Waals surface area contributed by atoms with Gasteiger partial charge in [-0.15, -0.1) is 0 Å². The van der Waals surface area contributed by atoms with E-state index in [1.165, 1.54) is 0 Å². The summed E-state index contributed by atoms with van der Waals surface area (Å²) in [5.74, 6) is 0.600. The highest BCUT2D eigenvalue weighted by atomic mass is 79.9. The zero-order valence-electron chi connectivity index (χ0n) is 10.1. The van der Waals surface area contributed by atoms with Gasteiger partial charge in [-0.2, -0.15) is 0 Å². The van der Waals surface area contributed by atoms with Crippen molar-refractivity contribution in [3.05, 3.63) is 22.7 Å². The van der Waals surface area contributed by atoms with Gasteiger partial charge in [0.1, 0.15) is 0 Å². The first-order valence-corrected chi connectivity index (χ1v) is 7.28. The largest absolute Gasteiger partial charge is 0.352 e. The molecule has 0 aromatic carbocycles. The van der Waals surface area contributed by atoms with Crippen LogP contribution in [0.4, 0.5) is 5.82 Å². The fourth-order valence-electron chi connectivity index (χ4n) is 1.94. The van der Waals surface area contributed by atoms with E-state index in [0.717, 1.165) is 37.7 Å². The smallest absolute Gasteiger partial charge is 0.293 e. The molecular weight excluding hydrogens is 282 g/mol. The van der Waals surface area contributed by atoms with E-state index in [2.05, 4.69) is 32.7 Å². The predicted molar refractivity (Wildman–Crippen MR) is 73.1 cm³/mol. The Balaban J connectivity index is 2.23. The number of hydrogen-bond acceptors (Lipinski definition) is 3. The Bertz CT molecular complexity index is 428. The van der Waals surface area contributed by atoms with Gasteiger partial charge in [0.05, 0.1) is 0 Å². The second-order valence-corrected chi connectivity index (χ2v) is 5.11. The zero-order chi connectivity index (χ0) is 12.3. The molecule has 1 aromatic heterocycles. The fraction of sp³-hybridized carbons (Fsp3) is 0.667. The van der Waals surface area contributed by atoms with Crippen LogP contribution in [0.2, 0.25) is 0 Å². The molecule has 1 aromatic rings. The minimum Gasteiger partial charge on any atom is -0.352 e. The van der Waals surface area contributed by atoms with Crippen LogP contribution in [-0.2, 0) is 0 Å². The summed E-state index contributed by atoms with van der Waals surface area (Å²) in [5.41, 5.74) is 0.0615. The van der Waals surface area contributed by atoms with Gasteiger partial charge >= 0.3 is 0 Å². The summed E-state index contributed by atoms with van der Waals surface area (Å²) < 4.78 is 1.83. The molecule has 0 radical (unpaired) electrons. The van der Waals surface area contributed by atoms with Gasteiger partial charge in [0.2, 0.25) is 0 Å². The van der Waals surface area contributed by atoms with Crippen LogP contribution in [0.15, 0.2) is 17.2 Å². The monoisotopic (exact) mass is 299 g/mol. The van der Waals surface area contributed by atoms with E-state index >= 15 is 0 Å². The van der Waals surface area contributed by atoms with Gasteiger partial charge in [-0.25, -0.2) is 4.98 Å². The van der Waals surface area contributed by atoms with E-state index in [4.69, 9.17) is 0 Å². The highest BCUT2D eigenvalue weighted by Crippen LogP contribution is 2.33. The third-order valence-electron chi connectivity index (χ3n) is 3.03. The lowest BCUT2D eigenvalue weighted by Gasteiger charge is -2.21. The van der Waals surface area contributed by atoms with Crippen molar-refractivity contribution in [3.8, 4) is 0 Å². The van der Waals surface area contributed by atoms with Gasteiger partial charge in [0.15, 0.2) is 5.82 Å². The Labute approximate surface area is 110 Å². The summed E-state index contributed by atoms with van der Waals surface area (Å²) in [6.45, 7) is 3.76. The van der Waals surface area contributed by atoms with Crippen molar-refractivity contribution in [1.82, 2.24) is 9.55 Å². The van der Waals surface area contributed by atoms with Gasteiger partial charge in [0.25, 0.3) is 5.56 Å². The van der Waals surface area contributed by atoms with Gasteiger partial charge in [0, 0.05) is 36.9 Å². The predicted octanol–water partition coefficient (Wildman–Crippen LogP) is 2.19. The van der Waals surface area contributed by atoms with E-state index in [1.54, 1.807) is 6.20 Å². The number of rotatable bonds is 6. The molecule has 1 aliphatic rings. The van der Waals surface area contributed by atoms with Gasteiger partial charge in [-0.3, -0.25) is 4.79 Å². The maximum Gasteiger partial charge on any atom is 0.293 e. The Hall–Kier alpha value is -0.840. The molecule has 0 atom stereocenters. The maximum atomic E-state index is 12.3. The molecule has 0 N–H and O–H groups in total. The summed E-state index contributed by atoms with van der Waals surface area (Å²) in [4.78, 5) is 18.6.